The predicted octanol–water partition coefficient (Wildman–Crippen LogP) is 6.06. The number of halogens is 2. The molecule has 3 aromatic rings. The first-order chi connectivity index (χ1) is 20.3. The minimum absolute atomic E-state index is 0.0236. The summed E-state index contributed by atoms with van der Waals surface area (Å²) in [6.45, 7) is 1.94. The lowest BCUT2D eigenvalue weighted by molar-refractivity contribution is -0.139. The van der Waals surface area contributed by atoms with E-state index in [0.717, 1.165) is 67.6 Å². The van der Waals surface area contributed by atoms with Gasteiger partial charge in [0.05, 0.1) is 29.6 Å². The second-order valence-electron chi connectivity index (χ2n) is 12.3. The highest BCUT2D eigenvalue weighted by atomic mass is 35.5. The van der Waals surface area contributed by atoms with Gasteiger partial charge in [0.15, 0.2) is 11.5 Å². The lowest BCUT2D eigenvalue weighted by atomic mass is 9.50. The molecular formula is C34H36Cl2N2O4. The quantitative estimate of drug-likeness (QED) is 0.354. The molecule has 2 bridgehead atoms. The molecule has 1 spiro atoms. The Morgan fingerprint density at radius 3 is 2.69 bits per heavy atom. The molecule has 1 saturated carbocycles. The first-order valence-corrected chi connectivity index (χ1v) is 15.6. The van der Waals surface area contributed by atoms with Crippen molar-refractivity contribution in [2.75, 3.05) is 27.2 Å². The van der Waals surface area contributed by atoms with Crippen molar-refractivity contribution in [1.29, 1.82) is 0 Å². The van der Waals surface area contributed by atoms with Gasteiger partial charge >= 0.3 is 0 Å². The molecule has 2 aliphatic heterocycles. The number of likely N-dealkylation sites (tertiary alicyclic amines) is 1. The maximum Gasteiger partial charge on any atom is 0.227 e. The van der Waals surface area contributed by atoms with Gasteiger partial charge in [0.1, 0.15) is 11.9 Å². The Morgan fingerprint density at radius 2 is 1.93 bits per heavy atom. The average molecular weight is 608 g/mol. The summed E-state index contributed by atoms with van der Waals surface area (Å²) in [7, 11) is 3.53. The highest BCUT2D eigenvalue weighted by Crippen LogP contribution is 2.65. The van der Waals surface area contributed by atoms with Crippen LogP contribution in [0.15, 0.2) is 54.6 Å². The Bertz CT molecular complexity index is 1530. The van der Waals surface area contributed by atoms with Crippen LogP contribution >= 0.6 is 23.2 Å². The summed E-state index contributed by atoms with van der Waals surface area (Å²) < 4.78 is 12.6. The van der Waals surface area contributed by atoms with E-state index < -0.39 is 0 Å². The molecule has 2 aliphatic carbocycles. The molecule has 1 saturated heterocycles. The summed E-state index contributed by atoms with van der Waals surface area (Å²) in [6, 6.07) is 17.9. The largest absolute Gasteiger partial charge is 0.508 e. The smallest absolute Gasteiger partial charge is 0.227 e. The Morgan fingerprint density at radius 1 is 1.12 bits per heavy atom. The second kappa shape index (κ2) is 10.7. The van der Waals surface area contributed by atoms with E-state index in [0.29, 0.717) is 27.8 Å². The predicted molar refractivity (Wildman–Crippen MR) is 164 cm³/mol. The molecule has 4 aliphatic rings. The maximum absolute atomic E-state index is 13.7. The van der Waals surface area contributed by atoms with Gasteiger partial charge in [-0.05, 0) is 67.8 Å². The Kier molecular flexibility index (Phi) is 7.07. The third kappa shape index (κ3) is 4.29. The van der Waals surface area contributed by atoms with E-state index in [4.69, 9.17) is 32.7 Å². The number of nitrogens with zero attached hydrogens (tertiary/aromatic N) is 2. The van der Waals surface area contributed by atoms with Crippen LogP contribution in [-0.2, 0) is 29.5 Å². The summed E-state index contributed by atoms with van der Waals surface area (Å²) in [6.07, 6.45) is 4.61. The zero-order valence-electron chi connectivity index (χ0n) is 24.0. The van der Waals surface area contributed by atoms with E-state index in [2.05, 4.69) is 35.2 Å². The molecule has 220 valence electrons. The molecule has 1 N–H and O–H groups in total. The molecule has 8 heteroatoms. The van der Waals surface area contributed by atoms with Gasteiger partial charge < -0.3 is 19.5 Å². The van der Waals surface area contributed by atoms with Crippen LogP contribution < -0.4 is 9.47 Å². The number of ether oxygens (including phenoxy) is 2. The van der Waals surface area contributed by atoms with Gasteiger partial charge in [-0.25, -0.2) is 0 Å². The zero-order chi connectivity index (χ0) is 29.2. The molecule has 0 aromatic heterocycles. The SMILES string of the molecule is COc1cc(O)c2c3c1O[C@H]1[C@@H](N(C)C(=O)Cc4ccc(Cl)c(Cl)c4)CC[C@H]4[C@@H](C2)N(CCc2ccccc2)CC[C@@]341. The molecule has 42 heavy (non-hydrogen) atoms. The summed E-state index contributed by atoms with van der Waals surface area (Å²) in [4.78, 5) is 18.2. The van der Waals surface area contributed by atoms with Crippen molar-refractivity contribution in [3.05, 3.63) is 86.9 Å². The van der Waals surface area contributed by atoms with E-state index in [1.807, 2.05) is 18.0 Å². The van der Waals surface area contributed by atoms with Crippen molar-refractivity contribution in [3.63, 3.8) is 0 Å². The van der Waals surface area contributed by atoms with Crippen molar-refractivity contribution in [3.8, 4) is 17.2 Å². The summed E-state index contributed by atoms with van der Waals surface area (Å²) in [5.41, 5.74) is 4.02. The fraction of sp³-hybridized carbons (Fsp3) is 0.441. The lowest BCUT2D eigenvalue weighted by Crippen LogP contribution is -2.69. The molecular weight excluding hydrogens is 571 g/mol. The standard InChI is InChI=1S/C34H36Cl2N2O4/c1-37(30(40)17-21-8-10-24(35)25(36)16-21)26-11-9-23-27-18-22-28(39)19-29(41-2)32-31(22)34(23,33(26)42-32)13-15-38(27)14-12-20-6-4-3-5-7-20/h3-8,10,16,19,23,26-27,33,39H,9,11-15,17-18H2,1-2H3/t23-,26-,27+,33-,34-/m0/s1. The fourth-order valence-electron chi connectivity index (χ4n) is 8.53. The molecule has 6 nitrogen and oxygen atoms in total. The third-order valence-electron chi connectivity index (χ3n) is 10.5. The highest BCUT2D eigenvalue weighted by Gasteiger charge is 2.67. The van der Waals surface area contributed by atoms with E-state index in [9.17, 15) is 9.90 Å². The average Bonchev–Trinajstić information content (AvgIpc) is 3.33. The van der Waals surface area contributed by atoms with Crippen LogP contribution in [0.1, 0.15) is 41.5 Å². The Balaban J connectivity index is 1.22. The van der Waals surface area contributed by atoms with Crippen LogP contribution in [0.4, 0.5) is 0 Å². The van der Waals surface area contributed by atoms with Crippen molar-refractivity contribution in [1.82, 2.24) is 9.80 Å². The minimum Gasteiger partial charge on any atom is -0.508 e. The number of hydrogen-bond acceptors (Lipinski definition) is 5. The fourth-order valence-corrected chi connectivity index (χ4v) is 8.85. The number of phenolic OH excluding ortho intramolecular Hbond substituents is 1. The van der Waals surface area contributed by atoms with Crippen LogP contribution in [0.2, 0.25) is 10.0 Å². The molecule has 0 radical (unpaired) electrons. The Labute approximate surface area is 257 Å². The van der Waals surface area contributed by atoms with Crippen LogP contribution in [-0.4, -0.2) is 66.2 Å². The maximum atomic E-state index is 13.7. The number of hydrogen-bond donors (Lipinski definition) is 1. The molecule has 5 atom stereocenters. The number of carbonyl (C=O) groups excluding carboxylic acids is 1. The highest BCUT2D eigenvalue weighted by molar-refractivity contribution is 6.42. The molecule has 1 amide bonds. The number of carbonyl (C=O) groups is 1. The first-order valence-electron chi connectivity index (χ1n) is 14.9. The van der Waals surface area contributed by atoms with Gasteiger partial charge in [0.2, 0.25) is 5.91 Å². The summed E-state index contributed by atoms with van der Waals surface area (Å²) in [5.74, 6) is 2.02. The third-order valence-corrected chi connectivity index (χ3v) is 11.2. The topological polar surface area (TPSA) is 62.2 Å². The lowest BCUT2D eigenvalue weighted by Gasteiger charge is -2.60. The van der Waals surface area contributed by atoms with Crippen LogP contribution in [0.3, 0.4) is 0 Å². The van der Waals surface area contributed by atoms with Gasteiger partial charge in [-0.1, -0.05) is 59.6 Å². The molecule has 2 fully saturated rings. The molecule has 0 unspecified atom stereocenters. The van der Waals surface area contributed by atoms with Gasteiger partial charge in [0.25, 0.3) is 0 Å². The monoisotopic (exact) mass is 606 g/mol. The van der Waals surface area contributed by atoms with Crippen molar-refractivity contribution < 1.29 is 19.4 Å². The van der Waals surface area contributed by atoms with Gasteiger partial charge in [-0.3, -0.25) is 9.69 Å². The van der Waals surface area contributed by atoms with Crippen LogP contribution in [0.5, 0.6) is 17.2 Å². The van der Waals surface area contributed by atoms with Crippen molar-refractivity contribution >= 4 is 29.1 Å². The van der Waals surface area contributed by atoms with Gasteiger partial charge in [-0.2, -0.15) is 0 Å². The van der Waals surface area contributed by atoms with E-state index in [-0.39, 0.29) is 35.6 Å². The zero-order valence-corrected chi connectivity index (χ0v) is 25.5. The van der Waals surface area contributed by atoms with E-state index in [1.54, 1.807) is 25.3 Å². The number of methoxy groups -OCH3 is 1. The van der Waals surface area contributed by atoms with E-state index >= 15 is 0 Å². The van der Waals surface area contributed by atoms with E-state index in [1.165, 1.54) is 5.56 Å². The molecule has 2 heterocycles. The van der Waals surface area contributed by atoms with Crippen molar-refractivity contribution in [2.45, 2.75) is 62.1 Å². The summed E-state index contributed by atoms with van der Waals surface area (Å²) in [5, 5.41) is 12.2. The number of benzene rings is 3. The Hall–Kier alpha value is -2.93. The van der Waals surface area contributed by atoms with Crippen LogP contribution in [0, 0.1) is 5.92 Å². The minimum atomic E-state index is -0.274. The summed E-state index contributed by atoms with van der Waals surface area (Å²) >= 11 is 12.4. The number of likely N-dealkylation sites (N-methyl/N-ethyl adjacent to an activating group) is 1. The van der Waals surface area contributed by atoms with Gasteiger partial charge in [-0.15, -0.1) is 0 Å². The number of phenols is 1. The normalized spacial score (nSPS) is 27.2. The van der Waals surface area contributed by atoms with Gasteiger partial charge in [0, 0.05) is 42.2 Å². The first kappa shape index (κ1) is 27.9. The van der Waals surface area contributed by atoms with Crippen LogP contribution in [0.25, 0.3) is 0 Å². The number of amides is 1. The number of rotatable bonds is 7. The van der Waals surface area contributed by atoms with Crippen molar-refractivity contribution in [2.24, 2.45) is 5.92 Å². The molecule has 3 aromatic carbocycles. The number of piperidine rings is 1. The number of aromatic hydroxyl groups is 1. The second-order valence-corrected chi connectivity index (χ2v) is 13.1. The molecule has 7 rings (SSSR count).